The number of nitrogens with one attached hydrogen (secondary N) is 1. The fourth-order valence-corrected chi connectivity index (χ4v) is 2.67. The molecular formula is C16H25FN2. The van der Waals surface area contributed by atoms with E-state index < -0.39 is 0 Å². The van der Waals surface area contributed by atoms with Gasteiger partial charge in [-0.2, -0.15) is 0 Å². The van der Waals surface area contributed by atoms with Gasteiger partial charge >= 0.3 is 0 Å². The Kier molecular flexibility index (Phi) is 3.98. The smallest absolute Gasteiger partial charge is 0.123 e. The maximum absolute atomic E-state index is 13.0. The minimum Gasteiger partial charge on any atom is -0.309 e. The minimum atomic E-state index is -0.164. The van der Waals surface area contributed by atoms with Crippen LogP contribution in [0.5, 0.6) is 0 Å². The van der Waals surface area contributed by atoms with E-state index >= 15 is 0 Å². The number of rotatable bonds is 3. The first-order valence-electron chi connectivity index (χ1n) is 7.09. The summed E-state index contributed by atoms with van der Waals surface area (Å²) in [5.41, 5.74) is 1.48. The fraction of sp³-hybridized carbons (Fsp3) is 0.625. The van der Waals surface area contributed by atoms with Crippen molar-refractivity contribution >= 4 is 0 Å². The maximum atomic E-state index is 13.0. The predicted octanol–water partition coefficient (Wildman–Crippen LogP) is 3.18. The Bertz CT molecular complexity index is 427. The van der Waals surface area contributed by atoms with Crippen molar-refractivity contribution in [3.05, 3.63) is 35.6 Å². The minimum absolute atomic E-state index is 0.134. The molecule has 1 aliphatic heterocycles. The number of nitrogens with zero attached hydrogens (tertiary/aromatic N) is 1. The van der Waals surface area contributed by atoms with Gasteiger partial charge in [0.25, 0.3) is 0 Å². The molecule has 2 rings (SSSR count). The van der Waals surface area contributed by atoms with E-state index in [-0.39, 0.29) is 16.9 Å². The van der Waals surface area contributed by atoms with Crippen LogP contribution in [0.3, 0.4) is 0 Å². The van der Waals surface area contributed by atoms with Crippen LogP contribution < -0.4 is 5.32 Å². The molecule has 0 bridgehead atoms. The number of hydrogen-bond acceptors (Lipinski definition) is 2. The molecule has 0 aliphatic carbocycles. The Labute approximate surface area is 116 Å². The van der Waals surface area contributed by atoms with Gasteiger partial charge in [0.05, 0.1) is 0 Å². The summed E-state index contributed by atoms with van der Waals surface area (Å²) in [5, 5.41) is 3.62. The first-order chi connectivity index (χ1) is 8.85. The summed E-state index contributed by atoms with van der Waals surface area (Å²) >= 11 is 0. The molecule has 1 aliphatic rings. The van der Waals surface area contributed by atoms with Gasteiger partial charge in [-0.3, -0.25) is 4.90 Å². The zero-order chi connectivity index (χ0) is 14.1. The molecule has 1 saturated heterocycles. The zero-order valence-corrected chi connectivity index (χ0v) is 12.5. The Hall–Kier alpha value is -0.930. The van der Waals surface area contributed by atoms with E-state index in [1.807, 2.05) is 12.1 Å². The lowest BCUT2D eigenvalue weighted by molar-refractivity contribution is 0.0175. The van der Waals surface area contributed by atoms with E-state index in [9.17, 15) is 4.39 Å². The van der Waals surface area contributed by atoms with Crippen molar-refractivity contribution in [1.29, 1.82) is 0 Å². The van der Waals surface area contributed by atoms with Crippen LogP contribution >= 0.6 is 0 Å². The fourth-order valence-electron chi connectivity index (χ4n) is 2.67. The van der Waals surface area contributed by atoms with Crippen molar-refractivity contribution in [3.8, 4) is 0 Å². The van der Waals surface area contributed by atoms with Crippen molar-refractivity contribution in [1.82, 2.24) is 10.2 Å². The summed E-state index contributed by atoms with van der Waals surface area (Å²) in [6.07, 6.45) is 1.11. The topological polar surface area (TPSA) is 15.3 Å². The first-order valence-corrected chi connectivity index (χ1v) is 7.09. The normalized spacial score (nSPS) is 27.4. The SMILES string of the molecule is CCC1(C)CNC(C)(C)CN1Cc1ccc(F)cc1. The Balaban J connectivity index is 2.16. The summed E-state index contributed by atoms with van der Waals surface area (Å²) in [7, 11) is 0. The van der Waals surface area contributed by atoms with Gasteiger partial charge in [0.1, 0.15) is 5.82 Å². The van der Waals surface area contributed by atoms with E-state index in [0.717, 1.165) is 26.1 Å². The van der Waals surface area contributed by atoms with Crippen LogP contribution in [0.15, 0.2) is 24.3 Å². The summed E-state index contributed by atoms with van der Waals surface area (Å²) in [4.78, 5) is 2.52. The van der Waals surface area contributed by atoms with Gasteiger partial charge in [-0.15, -0.1) is 0 Å². The summed E-state index contributed by atoms with van der Waals surface area (Å²) in [5.74, 6) is -0.164. The van der Waals surface area contributed by atoms with Crippen LogP contribution in [-0.4, -0.2) is 29.1 Å². The predicted molar refractivity (Wildman–Crippen MR) is 77.6 cm³/mol. The average Bonchev–Trinajstić information content (AvgIpc) is 2.37. The molecule has 2 nitrogen and oxygen atoms in total. The highest BCUT2D eigenvalue weighted by molar-refractivity contribution is 5.17. The lowest BCUT2D eigenvalue weighted by atomic mass is 9.87. The second kappa shape index (κ2) is 5.22. The third kappa shape index (κ3) is 3.34. The van der Waals surface area contributed by atoms with Crippen molar-refractivity contribution in [2.45, 2.75) is 51.7 Å². The van der Waals surface area contributed by atoms with Gasteiger partial charge in [-0.05, 0) is 44.9 Å². The number of benzene rings is 1. The van der Waals surface area contributed by atoms with Crippen molar-refractivity contribution in [2.24, 2.45) is 0 Å². The number of piperazine rings is 1. The van der Waals surface area contributed by atoms with Crippen molar-refractivity contribution in [3.63, 3.8) is 0 Å². The van der Waals surface area contributed by atoms with Gasteiger partial charge in [0.2, 0.25) is 0 Å². The maximum Gasteiger partial charge on any atom is 0.123 e. The Morgan fingerprint density at radius 2 is 1.84 bits per heavy atom. The first kappa shape index (κ1) is 14.5. The molecule has 1 unspecified atom stereocenters. The van der Waals surface area contributed by atoms with E-state index in [1.165, 1.54) is 5.56 Å². The Morgan fingerprint density at radius 3 is 2.42 bits per heavy atom. The number of hydrogen-bond donors (Lipinski definition) is 1. The molecular weight excluding hydrogens is 239 g/mol. The van der Waals surface area contributed by atoms with Crippen LogP contribution in [-0.2, 0) is 6.54 Å². The average molecular weight is 264 g/mol. The molecule has 0 saturated carbocycles. The monoisotopic (exact) mass is 264 g/mol. The molecule has 3 heteroatoms. The van der Waals surface area contributed by atoms with E-state index in [2.05, 4.69) is 37.9 Å². The van der Waals surface area contributed by atoms with Crippen LogP contribution in [0.4, 0.5) is 4.39 Å². The molecule has 1 N–H and O–H groups in total. The highest BCUT2D eigenvalue weighted by Gasteiger charge is 2.39. The molecule has 1 aromatic rings. The van der Waals surface area contributed by atoms with Crippen molar-refractivity contribution < 1.29 is 4.39 Å². The van der Waals surface area contributed by atoms with Gasteiger partial charge in [-0.1, -0.05) is 19.1 Å². The third-order valence-corrected chi connectivity index (χ3v) is 4.35. The van der Waals surface area contributed by atoms with Gasteiger partial charge in [0.15, 0.2) is 0 Å². The summed E-state index contributed by atoms with van der Waals surface area (Å²) < 4.78 is 13.0. The quantitative estimate of drug-likeness (QED) is 0.902. The van der Waals surface area contributed by atoms with Gasteiger partial charge in [0, 0.05) is 30.7 Å². The lowest BCUT2D eigenvalue weighted by Crippen LogP contribution is -2.66. The standard InChI is InChI=1S/C16H25FN2/c1-5-16(4)11-18-15(2,3)12-19(16)10-13-6-8-14(17)9-7-13/h6-9,18H,5,10-12H2,1-4H3. The highest BCUT2D eigenvalue weighted by atomic mass is 19.1. The Morgan fingerprint density at radius 1 is 1.21 bits per heavy atom. The third-order valence-electron chi connectivity index (χ3n) is 4.35. The zero-order valence-electron chi connectivity index (χ0n) is 12.5. The molecule has 1 aromatic carbocycles. The van der Waals surface area contributed by atoms with E-state index in [4.69, 9.17) is 0 Å². The highest BCUT2D eigenvalue weighted by Crippen LogP contribution is 2.28. The van der Waals surface area contributed by atoms with Gasteiger partial charge in [-0.25, -0.2) is 4.39 Å². The van der Waals surface area contributed by atoms with E-state index in [1.54, 1.807) is 12.1 Å². The second-order valence-corrected chi connectivity index (χ2v) is 6.57. The largest absolute Gasteiger partial charge is 0.309 e. The van der Waals surface area contributed by atoms with Crippen LogP contribution in [0, 0.1) is 5.82 Å². The summed E-state index contributed by atoms with van der Waals surface area (Å²) in [6.45, 7) is 11.9. The van der Waals surface area contributed by atoms with Crippen molar-refractivity contribution in [2.75, 3.05) is 13.1 Å². The molecule has 0 spiro atoms. The second-order valence-electron chi connectivity index (χ2n) is 6.57. The summed E-state index contributed by atoms with van der Waals surface area (Å²) in [6, 6.07) is 6.87. The molecule has 0 amide bonds. The molecule has 0 aromatic heterocycles. The molecule has 19 heavy (non-hydrogen) atoms. The lowest BCUT2D eigenvalue weighted by Gasteiger charge is -2.51. The molecule has 0 radical (unpaired) electrons. The molecule has 1 heterocycles. The van der Waals surface area contributed by atoms with Crippen LogP contribution in [0.2, 0.25) is 0 Å². The van der Waals surface area contributed by atoms with Gasteiger partial charge < -0.3 is 5.32 Å². The molecule has 106 valence electrons. The van der Waals surface area contributed by atoms with Crippen LogP contribution in [0.25, 0.3) is 0 Å². The number of halogens is 1. The van der Waals surface area contributed by atoms with Crippen LogP contribution in [0.1, 0.15) is 39.7 Å². The van der Waals surface area contributed by atoms with E-state index in [0.29, 0.717) is 0 Å². The molecule has 1 atom stereocenters. The molecule has 1 fully saturated rings.